The quantitative estimate of drug-likeness (QED) is 0.883. The van der Waals surface area contributed by atoms with Crippen LogP contribution in [0.4, 0.5) is 17.2 Å². The lowest BCUT2D eigenvalue weighted by molar-refractivity contribution is -0.116. The molecule has 23 heavy (non-hydrogen) atoms. The van der Waals surface area contributed by atoms with E-state index in [4.69, 9.17) is 9.47 Å². The number of amides is 1. The van der Waals surface area contributed by atoms with E-state index >= 15 is 0 Å². The molecule has 2 heterocycles. The molecule has 1 aliphatic rings. The molecule has 2 N–H and O–H groups in total. The summed E-state index contributed by atoms with van der Waals surface area (Å²) in [4.78, 5) is 16.0. The van der Waals surface area contributed by atoms with E-state index in [0.717, 1.165) is 22.9 Å². The summed E-state index contributed by atoms with van der Waals surface area (Å²) in [6.07, 6.45) is 2.16. The summed E-state index contributed by atoms with van der Waals surface area (Å²) in [5.41, 5.74) is 1.71. The molecule has 2 aromatic rings. The Morgan fingerprint density at radius 3 is 2.70 bits per heavy atom. The van der Waals surface area contributed by atoms with Crippen LogP contribution in [0.2, 0.25) is 0 Å². The molecular weight excluding hydrogens is 294 g/mol. The molecule has 0 atom stereocenters. The van der Waals surface area contributed by atoms with Gasteiger partial charge in [0.25, 0.3) is 0 Å². The van der Waals surface area contributed by atoms with Gasteiger partial charge in [0.05, 0.1) is 11.9 Å². The van der Waals surface area contributed by atoms with Crippen molar-refractivity contribution in [1.29, 1.82) is 0 Å². The van der Waals surface area contributed by atoms with E-state index in [1.54, 1.807) is 12.3 Å². The lowest BCUT2D eigenvalue weighted by Crippen LogP contribution is -2.14. The minimum atomic E-state index is -0.0241. The van der Waals surface area contributed by atoms with Crippen molar-refractivity contribution in [3.8, 4) is 11.5 Å². The molecule has 1 aromatic carbocycles. The third kappa shape index (κ3) is 3.91. The Kier molecular flexibility index (Phi) is 4.32. The van der Waals surface area contributed by atoms with E-state index in [9.17, 15) is 4.79 Å². The number of carbonyl (C=O) groups excluding carboxylic acids is 1. The Labute approximate surface area is 134 Å². The van der Waals surface area contributed by atoms with E-state index in [1.165, 1.54) is 0 Å². The molecular formula is C17H19N3O3. The highest BCUT2D eigenvalue weighted by molar-refractivity contribution is 5.89. The van der Waals surface area contributed by atoms with E-state index in [2.05, 4.69) is 15.6 Å². The van der Waals surface area contributed by atoms with Crippen LogP contribution in [0.1, 0.15) is 20.3 Å². The third-order valence-corrected chi connectivity index (χ3v) is 3.29. The maximum Gasteiger partial charge on any atom is 0.231 e. The zero-order valence-corrected chi connectivity index (χ0v) is 13.1. The first-order chi connectivity index (χ1) is 11.1. The van der Waals surface area contributed by atoms with Gasteiger partial charge in [-0.05, 0) is 30.2 Å². The van der Waals surface area contributed by atoms with Crippen molar-refractivity contribution >= 4 is 23.1 Å². The predicted octanol–water partition coefficient (Wildman–Crippen LogP) is 3.54. The van der Waals surface area contributed by atoms with Gasteiger partial charge >= 0.3 is 0 Å². The Bertz CT molecular complexity index is 699. The maximum absolute atomic E-state index is 11.7. The number of fused-ring (bicyclic) bond motifs is 1. The summed E-state index contributed by atoms with van der Waals surface area (Å²) in [6, 6.07) is 9.28. The number of aromatic nitrogens is 1. The Hall–Kier alpha value is -2.76. The first kappa shape index (κ1) is 15.1. The van der Waals surface area contributed by atoms with E-state index in [1.807, 2.05) is 38.1 Å². The van der Waals surface area contributed by atoms with Gasteiger partial charge in [0, 0.05) is 18.2 Å². The van der Waals surface area contributed by atoms with Crippen LogP contribution in [0.5, 0.6) is 11.5 Å². The summed E-state index contributed by atoms with van der Waals surface area (Å²) >= 11 is 0. The number of hydrogen-bond acceptors (Lipinski definition) is 5. The van der Waals surface area contributed by atoms with Crippen molar-refractivity contribution in [3.05, 3.63) is 36.5 Å². The topological polar surface area (TPSA) is 72.5 Å². The highest BCUT2D eigenvalue weighted by Crippen LogP contribution is 2.35. The number of carbonyl (C=O) groups is 1. The first-order valence-electron chi connectivity index (χ1n) is 7.53. The largest absolute Gasteiger partial charge is 0.454 e. The number of nitrogens with one attached hydrogen (secondary N) is 2. The fourth-order valence-electron chi connectivity index (χ4n) is 2.25. The van der Waals surface area contributed by atoms with E-state index in [-0.39, 0.29) is 12.7 Å². The Balaban J connectivity index is 1.62. The van der Waals surface area contributed by atoms with Crippen molar-refractivity contribution in [2.45, 2.75) is 20.3 Å². The highest BCUT2D eigenvalue weighted by Gasteiger charge is 2.13. The van der Waals surface area contributed by atoms with Crippen LogP contribution in [0.15, 0.2) is 36.5 Å². The average Bonchev–Trinajstić information content (AvgIpc) is 2.96. The van der Waals surface area contributed by atoms with Crippen molar-refractivity contribution in [2.24, 2.45) is 5.92 Å². The Morgan fingerprint density at radius 1 is 1.17 bits per heavy atom. The Morgan fingerprint density at radius 2 is 1.96 bits per heavy atom. The van der Waals surface area contributed by atoms with Gasteiger partial charge in [-0.2, -0.15) is 0 Å². The fourth-order valence-corrected chi connectivity index (χ4v) is 2.25. The molecule has 0 unspecified atom stereocenters. The molecule has 0 radical (unpaired) electrons. The normalized spacial score (nSPS) is 12.3. The summed E-state index contributed by atoms with van der Waals surface area (Å²) in [7, 11) is 0. The van der Waals surface area contributed by atoms with Crippen molar-refractivity contribution in [2.75, 3.05) is 17.4 Å². The number of pyridine rings is 1. The van der Waals surface area contributed by atoms with Crippen LogP contribution in [0.3, 0.4) is 0 Å². The van der Waals surface area contributed by atoms with Crippen LogP contribution in [0, 0.1) is 5.92 Å². The maximum atomic E-state index is 11.7. The van der Waals surface area contributed by atoms with Crippen molar-refractivity contribution in [3.63, 3.8) is 0 Å². The van der Waals surface area contributed by atoms with Crippen LogP contribution >= 0.6 is 0 Å². The van der Waals surface area contributed by atoms with E-state index < -0.39 is 0 Å². The smallest absolute Gasteiger partial charge is 0.231 e. The average molecular weight is 313 g/mol. The minimum absolute atomic E-state index is 0.0241. The molecule has 120 valence electrons. The van der Waals surface area contributed by atoms with Gasteiger partial charge in [0.2, 0.25) is 12.7 Å². The lowest BCUT2D eigenvalue weighted by Gasteiger charge is -2.09. The zero-order chi connectivity index (χ0) is 16.2. The summed E-state index contributed by atoms with van der Waals surface area (Å²) in [6.45, 7) is 4.27. The molecule has 0 bridgehead atoms. The van der Waals surface area contributed by atoms with Gasteiger partial charge in [-0.1, -0.05) is 13.8 Å². The standard InChI is InChI=1S/C17H19N3O3/c1-11(2)7-17(21)20-16-6-4-13(9-18-16)19-12-3-5-14-15(8-12)23-10-22-14/h3-6,8-9,11,19H,7,10H2,1-2H3,(H,18,20,21). The summed E-state index contributed by atoms with van der Waals surface area (Å²) < 4.78 is 10.6. The second kappa shape index (κ2) is 6.56. The molecule has 0 spiro atoms. The second-order valence-corrected chi connectivity index (χ2v) is 5.77. The zero-order valence-electron chi connectivity index (χ0n) is 13.1. The van der Waals surface area contributed by atoms with Crippen molar-refractivity contribution < 1.29 is 14.3 Å². The van der Waals surface area contributed by atoms with E-state index in [0.29, 0.717) is 18.2 Å². The van der Waals surface area contributed by atoms with Gasteiger partial charge < -0.3 is 20.1 Å². The molecule has 1 amide bonds. The number of ether oxygens (including phenoxy) is 2. The third-order valence-electron chi connectivity index (χ3n) is 3.29. The van der Waals surface area contributed by atoms with Gasteiger partial charge in [0.15, 0.2) is 11.5 Å². The SMILES string of the molecule is CC(C)CC(=O)Nc1ccc(Nc2ccc3c(c2)OCO3)cn1. The first-order valence-corrected chi connectivity index (χ1v) is 7.53. The molecule has 0 saturated heterocycles. The van der Waals surface area contributed by atoms with Gasteiger partial charge in [-0.15, -0.1) is 0 Å². The molecule has 3 rings (SSSR count). The van der Waals surface area contributed by atoms with Gasteiger partial charge in [0.1, 0.15) is 5.82 Å². The van der Waals surface area contributed by atoms with Gasteiger partial charge in [-0.3, -0.25) is 4.79 Å². The molecule has 6 heteroatoms. The summed E-state index contributed by atoms with van der Waals surface area (Å²) in [5, 5.41) is 6.02. The number of nitrogens with zero attached hydrogens (tertiary/aromatic N) is 1. The molecule has 0 fully saturated rings. The second-order valence-electron chi connectivity index (χ2n) is 5.77. The van der Waals surface area contributed by atoms with Crippen LogP contribution in [0.25, 0.3) is 0 Å². The van der Waals surface area contributed by atoms with Gasteiger partial charge in [-0.25, -0.2) is 4.98 Å². The minimum Gasteiger partial charge on any atom is -0.454 e. The van der Waals surface area contributed by atoms with Crippen molar-refractivity contribution in [1.82, 2.24) is 4.98 Å². The predicted molar refractivity (Wildman–Crippen MR) is 88.2 cm³/mol. The van der Waals surface area contributed by atoms with Crippen LogP contribution in [-0.4, -0.2) is 17.7 Å². The highest BCUT2D eigenvalue weighted by atomic mass is 16.7. The molecule has 1 aliphatic heterocycles. The van der Waals surface area contributed by atoms with Crippen LogP contribution in [-0.2, 0) is 4.79 Å². The number of anilines is 3. The number of rotatable bonds is 5. The number of hydrogen-bond donors (Lipinski definition) is 2. The molecule has 6 nitrogen and oxygen atoms in total. The summed E-state index contributed by atoms with van der Waals surface area (Å²) in [5.74, 6) is 2.32. The molecule has 1 aromatic heterocycles. The lowest BCUT2D eigenvalue weighted by atomic mass is 10.1. The number of benzene rings is 1. The molecule has 0 aliphatic carbocycles. The molecule has 0 saturated carbocycles. The fraction of sp³-hybridized carbons (Fsp3) is 0.294. The monoisotopic (exact) mass is 313 g/mol. The van der Waals surface area contributed by atoms with Crippen LogP contribution < -0.4 is 20.1 Å².